The van der Waals surface area contributed by atoms with Crippen molar-refractivity contribution in [1.82, 2.24) is 4.57 Å². The molecular weight excluding hydrogens is 458 g/mol. The third-order valence-electron chi connectivity index (χ3n) is 3.72. The number of aromatic nitrogens is 1. The van der Waals surface area contributed by atoms with E-state index in [-0.39, 0.29) is 26.9 Å². The minimum Gasteiger partial charge on any atom is -0.320 e. The fourth-order valence-corrected chi connectivity index (χ4v) is 4.34. The van der Waals surface area contributed by atoms with Crippen LogP contribution in [0.5, 0.6) is 0 Å². The summed E-state index contributed by atoms with van der Waals surface area (Å²) in [7, 11) is -2.00. The highest BCUT2D eigenvalue weighted by Gasteiger charge is 2.15. The normalized spacial score (nSPS) is 12.1. The van der Waals surface area contributed by atoms with Crippen molar-refractivity contribution in [3.8, 4) is 11.3 Å². The van der Waals surface area contributed by atoms with Crippen LogP contribution in [0, 0.1) is 6.92 Å². The molecular formula is C17H17BrClN3O2S2. The van der Waals surface area contributed by atoms with Gasteiger partial charge < -0.3 is 4.57 Å². The first-order valence-corrected chi connectivity index (χ1v) is 10.1. The molecule has 26 heavy (non-hydrogen) atoms. The first-order valence-electron chi connectivity index (χ1n) is 7.34. The number of hydrogen-bond acceptors (Lipinski definition) is 4. The minimum absolute atomic E-state index is 0. The van der Waals surface area contributed by atoms with Gasteiger partial charge in [-0.15, -0.1) is 28.3 Å². The summed E-state index contributed by atoms with van der Waals surface area (Å²) in [5.74, 6) is 0. The molecule has 0 radical (unpaired) electrons. The van der Waals surface area contributed by atoms with Crippen LogP contribution in [0.4, 0.5) is 5.69 Å². The molecule has 0 aliphatic heterocycles. The van der Waals surface area contributed by atoms with Gasteiger partial charge >= 0.3 is 0 Å². The first kappa shape index (κ1) is 20.9. The van der Waals surface area contributed by atoms with Crippen LogP contribution < -0.4 is 9.94 Å². The summed E-state index contributed by atoms with van der Waals surface area (Å²) < 4.78 is 25.2. The molecule has 2 N–H and O–H groups in total. The number of nitrogens with two attached hydrogens (primary N) is 1. The van der Waals surface area contributed by atoms with Crippen LogP contribution in [0.3, 0.4) is 0 Å². The summed E-state index contributed by atoms with van der Waals surface area (Å²) >= 11 is 7.42. The van der Waals surface area contributed by atoms with E-state index in [0.29, 0.717) is 5.56 Å². The zero-order valence-electron chi connectivity index (χ0n) is 14.0. The van der Waals surface area contributed by atoms with Crippen molar-refractivity contribution in [2.24, 2.45) is 17.2 Å². The van der Waals surface area contributed by atoms with Crippen LogP contribution >= 0.6 is 39.9 Å². The summed E-state index contributed by atoms with van der Waals surface area (Å²) in [6.07, 6.45) is 0. The Balaban J connectivity index is 0.00000243. The second-order valence-corrected chi connectivity index (χ2v) is 8.37. The Bertz CT molecular complexity index is 1100. The molecule has 1 aromatic heterocycles. The van der Waals surface area contributed by atoms with Crippen LogP contribution in [-0.4, -0.2) is 13.0 Å². The van der Waals surface area contributed by atoms with Gasteiger partial charge in [-0.25, -0.2) is 18.5 Å². The van der Waals surface area contributed by atoms with Gasteiger partial charge in [0.1, 0.15) is 4.90 Å². The number of hydrogen-bond donors (Lipinski definition) is 1. The van der Waals surface area contributed by atoms with E-state index in [9.17, 15) is 8.42 Å². The average Bonchev–Trinajstić information content (AvgIpc) is 2.90. The molecule has 0 amide bonds. The SMILES string of the molecule is Br.Cc1ccc(N=c2scc(-c3ccc(Cl)c(S(N)(=O)=O)c3)n2C)cc1. The summed E-state index contributed by atoms with van der Waals surface area (Å²) in [4.78, 5) is 5.34. The number of primary sulfonamides is 1. The zero-order valence-corrected chi connectivity index (χ0v) is 18.1. The van der Waals surface area contributed by atoms with Gasteiger partial charge in [0.15, 0.2) is 4.80 Å². The molecule has 138 valence electrons. The highest BCUT2D eigenvalue weighted by molar-refractivity contribution is 8.93. The molecule has 5 nitrogen and oxygen atoms in total. The molecule has 3 aromatic rings. The van der Waals surface area contributed by atoms with E-state index in [0.717, 1.165) is 16.2 Å². The van der Waals surface area contributed by atoms with Crippen LogP contribution in [0.1, 0.15) is 5.56 Å². The molecule has 1 heterocycles. The number of nitrogens with zero attached hydrogens (tertiary/aromatic N) is 2. The van der Waals surface area contributed by atoms with E-state index in [2.05, 4.69) is 4.99 Å². The zero-order chi connectivity index (χ0) is 18.2. The van der Waals surface area contributed by atoms with E-state index in [4.69, 9.17) is 16.7 Å². The highest BCUT2D eigenvalue weighted by atomic mass is 79.9. The predicted octanol–water partition coefficient (Wildman–Crippen LogP) is 4.17. The lowest BCUT2D eigenvalue weighted by Crippen LogP contribution is -2.13. The molecule has 9 heteroatoms. The van der Waals surface area contributed by atoms with Crippen molar-refractivity contribution in [1.29, 1.82) is 0 Å². The maximum atomic E-state index is 11.7. The number of aryl methyl sites for hydroxylation is 1. The maximum absolute atomic E-state index is 11.7. The van der Waals surface area contributed by atoms with Gasteiger partial charge in [-0.3, -0.25) is 0 Å². The lowest BCUT2D eigenvalue weighted by Gasteiger charge is -2.07. The van der Waals surface area contributed by atoms with Crippen molar-refractivity contribution >= 4 is 55.6 Å². The molecule has 2 aromatic carbocycles. The maximum Gasteiger partial charge on any atom is 0.239 e. The van der Waals surface area contributed by atoms with Gasteiger partial charge in [0.25, 0.3) is 0 Å². The van der Waals surface area contributed by atoms with E-state index in [1.54, 1.807) is 6.07 Å². The lowest BCUT2D eigenvalue weighted by molar-refractivity contribution is 0.598. The molecule has 0 aliphatic carbocycles. The summed E-state index contributed by atoms with van der Waals surface area (Å²) in [5.41, 5.74) is 3.57. The van der Waals surface area contributed by atoms with Crippen LogP contribution in [0.25, 0.3) is 11.3 Å². The molecule has 0 aliphatic rings. The van der Waals surface area contributed by atoms with Crippen molar-refractivity contribution in [2.45, 2.75) is 11.8 Å². The molecule has 0 bridgehead atoms. The topological polar surface area (TPSA) is 77.4 Å². The first-order chi connectivity index (χ1) is 11.8. The monoisotopic (exact) mass is 473 g/mol. The number of thiazole rings is 1. The largest absolute Gasteiger partial charge is 0.320 e. The van der Waals surface area contributed by atoms with E-state index in [1.165, 1.54) is 29.0 Å². The third-order valence-corrected chi connectivity index (χ3v) is 6.03. The van der Waals surface area contributed by atoms with Crippen molar-refractivity contribution < 1.29 is 8.42 Å². The van der Waals surface area contributed by atoms with Crippen molar-refractivity contribution in [2.75, 3.05) is 0 Å². The smallest absolute Gasteiger partial charge is 0.239 e. The van der Waals surface area contributed by atoms with Gasteiger partial charge in [-0.1, -0.05) is 35.4 Å². The van der Waals surface area contributed by atoms with Gasteiger partial charge in [-0.2, -0.15) is 0 Å². The Morgan fingerprint density at radius 3 is 2.42 bits per heavy atom. The van der Waals surface area contributed by atoms with E-state index in [1.807, 2.05) is 48.2 Å². The van der Waals surface area contributed by atoms with E-state index < -0.39 is 10.0 Å². The second-order valence-electron chi connectivity index (χ2n) is 5.60. The highest BCUT2D eigenvalue weighted by Crippen LogP contribution is 2.27. The fourth-order valence-electron chi connectivity index (χ4n) is 2.34. The van der Waals surface area contributed by atoms with Crippen LogP contribution in [0.15, 0.2) is 57.7 Å². The average molecular weight is 475 g/mol. The number of rotatable bonds is 3. The Morgan fingerprint density at radius 2 is 1.81 bits per heavy atom. The van der Waals surface area contributed by atoms with Crippen molar-refractivity contribution in [3.05, 3.63) is 63.2 Å². The molecule has 0 saturated carbocycles. The minimum atomic E-state index is -3.88. The predicted molar refractivity (Wildman–Crippen MR) is 112 cm³/mol. The molecule has 3 rings (SSSR count). The molecule has 0 unspecified atom stereocenters. The number of benzene rings is 2. The number of halogens is 2. The quantitative estimate of drug-likeness (QED) is 0.618. The van der Waals surface area contributed by atoms with Gasteiger partial charge in [0.05, 0.1) is 16.4 Å². The Hall–Kier alpha value is -1.45. The third kappa shape index (κ3) is 4.44. The van der Waals surface area contributed by atoms with Gasteiger partial charge in [0.2, 0.25) is 10.0 Å². The summed E-state index contributed by atoms with van der Waals surface area (Å²) in [5, 5.41) is 7.25. The Morgan fingerprint density at radius 1 is 1.15 bits per heavy atom. The number of sulfonamides is 1. The Kier molecular flexibility index (Phi) is 6.46. The van der Waals surface area contributed by atoms with E-state index >= 15 is 0 Å². The standard InChI is InChI=1S/C17H16ClN3O2S2.BrH/c1-11-3-6-13(7-4-11)20-17-21(2)15(10-24-17)12-5-8-14(18)16(9-12)25(19,22)23;/h3-10H,1-2H3,(H2,19,22,23);1H. The summed E-state index contributed by atoms with van der Waals surface area (Å²) in [6, 6.07) is 12.7. The van der Waals surface area contributed by atoms with Gasteiger partial charge in [0, 0.05) is 18.0 Å². The lowest BCUT2D eigenvalue weighted by atomic mass is 10.2. The fraction of sp³-hybridized carbons (Fsp3) is 0.118. The Labute approximate surface area is 171 Å². The molecule has 0 atom stereocenters. The van der Waals surface area contributed by atoms with Crippen LogP contribution in [-0.2, 0) is 17.1 Å². The molecule has 0 saturated heterocycles. The van der Waals surface area contributed by atoms with Crippen molar-refractivity contribution in [3.63, 3.8) is 0 Å². The summed E-state index contributed by atoms with van der Waals surface area (Å²) in [6.45, 7) is 2.02. The van der Waals surface area contributed by atoms with Crippen LogP contribution in [0.2, 0.25) is 5.02 Å². The van der Waals surface area contributed by atoms with Gasteiger partial charge in [-0.05, 0) is 31.2 Å². The molecule has 0 spiro atoms. The molecule has 0 fully saturated rings. The second kappa shape index (κ2) is 8.06.